The highest BCUT2D eigenvalue weighted by molar-refractivity contribution is 5.76. The van der Waals surface area contributed by atoms with E-state index < -0.39 is 0 Å². The van der Waals surface area contributed by atoms with Crippen LogP contribution in [0.25, 0.3) is 0 Å². The topological polar surface area (TPSA) is 50.6 Å². The van der Waals surface area contributed by atoms with Crippen molar-refractivity contribution in [2.24, 2.45) is 5.92 Å². The number of aromatic nitrogens is 2. The van der Waals surface area contributed by atoms with E-state index >= 15 is 0 Å². The Bertz CT molecular complexity index is 554. The minimum atomic E-state index is 0.189. The van der Waals surface area contributed by atoms with Gasteiger partial charge in [0.2, 0.25) is 5.91 Å². The second-order valence-electron chi connectivity index (χ2n) is 6.78. The van der Waals surface area contributed by atoms with Crippen LogP contribution in [0.3, 0.4) is 0 Å². The summed E-state index contributed by atoms with van der Waals surface area (Å²) < 4.78 is 7.73. The van der Waals surface area contributed by atoms with Crippen LogP contribution >= 0.6 is 0 Å². The molecule has 1 amide bonds. The molecule has 1 aliphatic carbocycles. The number of ether oxygens (including phenoxy) is 1. The first-order chi connectivity index (χ1) is 10.7. The number of nitrogens with zero attached hydrogens (tertiary/aromatic N) is 4. The van der Waals surface area contributed by atoms with E-state index in [0.717, 1.165) is 44.6 Å². The average molecular weight is 304 g/mol. The molecule has 3 aliphatic rings. The van der Waals surface area contributed by atoms with Gasteiger partial charge >= 0.3 is 0 Å². The monoisotopic (exact) mass is 304 g/mol. The van der Waals surface area contributed by atoms with Crippen molar-refractivity contribution >= 4 is 5.91 Å². The van der Waals surface area contributed by atoms with E-state index in [2.05, 4.69) is 9.88 Å². The van der Waals surface area contributed by atoms with Crippen LogP contribution in [0.5, 0.6) is 0 Å². The maximum absolute atomic E-state index is 12.5. The van der Waals surface area contributed by atoms with E-state index in [-0.39, 0.29) is 5.91 Å². The normalized spacial score (nSPS) is 29.4. The first-order valence-electron chi connectivity index (χ1n) is 8.31. The van der Waals surface area contributed by atoms with Crippen LogP contribution < -0.4 is 0 Å². The first kappa shape index (κ1) is 14.2. The third-order valence-electron chi connectivity index (χ3n) is 5.30. The van der Waals surface area contributed by atoms with Gasteiger partial charge in [-0.3, -0.25) is 9.69 Å². The molecule has 0 aromatic carbocycles. The average Bonchev–Trinajstić information content (AvgIpc) is 3.30. The van der Waals surface area contributed by atoms with Gasteiger partial charge in [0.25, 0.3) is 0 Å². The molecule has 2 atom stereocenters. The lowest BCUT2D eigenvalue weighted by molar-refractivity contribution is -0.141. The van der Waals surface area contributed by atoms with Crippen molar-refractivity contribution in [1.82, 2.24) is 19.4 Å². The zero-order chi connectivity index (χ0) is 15.1. The lowest BCUT2D eigenvalue weighted by Gasteiger charge is -2.48. The van der Waals surface area contributed by atoms with E-state index in [9.17, 15) is 4.79 Å². The predicted octanol–water partition coefficient (Wildman–Crippen LogP) is 0.513. The Kier molecular flexibility index (Phi) is 3.66. The molecule has 22 heavy (non-hydrogen) atoms. The van der Waals surface area contributed by atoms with Gasteiger partial charge in [-0.25, -0.2) is 4.98 Å². The molecule has 1 aromatic rings. The fourth-order valence-corrected chi connectivity index (χ4v) is 3.81. The quantitative estimate of drug-likeness (QED) is 0.817. The molecule has 4 rings (SSSR count). The molecule has 120 valence electrons. The van der Waals surface area contributed by atoms with Crippen molar-refractivity contribution in [3.05, 3.63) is 18.2 Å². The van der Waals surface area contributed by atoms with Crippen molar-refractivity contribution in [1.29, 1.82) is 0 Å². The largest absolute Gasteiger partial charge is 0.378 e. The summed E-state index contributed by atoms with van der Waals surface area (Å²) in [6, 6.07) is 0.966. The number of amides is 1. The number of hydrogen-bond acceptors (Lipinski definition) is 4. The van der Waals surface area contributed by atoms with Crippen LogP contribution in [-0.4, -0.2) is 70.2 Å². The zero-order valence-electron chi connectivity index (χ0n) is 13.1. The molecular formula is C16H24N4O2. The Morgan fingerprint density at radius 3 is 2.95 bits per heavy atom. The molecule has 1 aromatic heterocycles. The van der Waals surface area contributed by atoms with E-state index in [0.29, 0.717) is 18.6 Å². The van der Waals surface area contributed by atoms with Gasteiger partial charge in [0.05, 0.1) is 19.3 Å². The summed E-state index contributed by atoms with van der Waals surface area (Å²) in [5.41, 5.74) is 0. The van der Waals surface area contributed by atoms with Gasteiger partial charge in [0.15, 0.2) is 0 Å². The number of hydrogen-bond donors (Lipinski definition) is 0. The van der Waals surface area contributed by atoms with Crippen LogP contribution in [0, 0.1) is 12.8 Å². The lowest BCUT2D eigenvalue weighted by Crippen LogP contribution is -2.63. The van der Waals surface area contributed by atoms with Gasteiger partial charge in [0, 0.05) is 38.1 Å². The fourth-order valence-electron chi connectivity index (χ4n) is 3.81. The van der Waals surface area contributed by atoms with Gasteiger partial charge in [-0.2, -0.15) is 0 Å². The van der Waals surface area contributed by atoms with Gasteiger partial charge in [0.1, 0.15) is 12.4 Å². The summed E-state index contributed by atoms with van der Waals surface area (Å²) in [7, 11) is 0. The first-order valence-corrected chi connectivity index (χ1v) is 8.31. The molecule has 0 radical (unpaired) electrons. The number of morpholine rings is 1. The molecule has 3 heterocycles. The minimum absolute atomic E-state index is 0.189. The molecule has 0 N–H and O–H groups in total. The molecule has 1 saturated carbocycles. The standard InChI is InChI=1S/C16H24N4O2/c1-12-17-4-5-18(12)9-16(21)19-6-7-20-14(8-19)10-22-11-15(20)13-2-3-13/h4-5,13-15H,2-3,6-11H2,1H3. The number of imidazole rings is 1. The predicted molar refractivity (Wildman–Crippen MR) is 81.4 cm³/mol. The van der Waals surface area contributed by atoms with Gasteiger partial charge in [-0.1, -0.05) is 0 Å². The van der Waals surface area contributed by atoms with Crippen molar-refractivity contribution < 1.29 is 9.53 Å². The number of carbonyl (C=O) groups is 1. The van der Waals surface area contributed by atoms with Crippen molar-refractivity contribution in [2.45, 2.75) is 38.4 Å². The molecule has 2 saturated heterocycles. The Balaban J connectivity index is 1.39. The third-order valence-corrected chi connectivity index (χ3v) is 5.30. The van der Waals surface area contributed by atoms with Crippen molar-refractivity contribution in [2.75, 3.05) is 32.8 Å². The van der Waals surface area contributed by atoms with Crippen LogP contribution in [0.4, 0.5) is 0 Å². The summed E-state index contributed by atoms with van der Waals surface area (Å²) >= 11 is 0. The van der Waals surface area contributed by atoms with E-state index in [1.165, 1.54) is 12.8 Å². The highest BCUT2D eigenvalue weighted by Crippen LogP contribution is 2.38. The summed E-state index contributed by atoms with van der Waals surface area (Å²) in [5, 5.41) is 0. The highest BCUT2D eigenvalue weighted by Gasteiger charge is 2.43. The molecule has 6 heteroatoms. The molecule has 2 aliphatic heterocycles. The Morgan fingerprint density at radius 1 is 1.36 bits per heavy atom. The minimum Gasteiger partial charge on any atom is -0.378 e. The molecule has 6 nitrogen and oxygen atoms in total. The lowest BCUT2D eigenvalue weighted by atomic mass is 10.0. The fraction of sp³-hybridized carbons (Fsp3) is 0.750. The third kappa shape index (κ3) is 2.65. The summed E-state index contributed by atoms with van der Waals surface area (Å²) in [6.07, 6.45) is 6.31. The number of carbonyl (C=O) groups excluding carboxylic acids is 1. The van der Waals surface area contributed by atoms with E-state index in [4.69, 9.17) is 4.74 Å². The molecule has 2 unspecified atom stereocenters. The maximum atomic E-state index is 12.5. The number of aryl methyl sites for hydroxylation is 1. The summed E-state index contributed by atoms with van der Waals surface area (Å²) in [5.74, 6) is 1.91. The number of fused-ring (bicyclic) bond motifs is 1. The highest BCUT2D eigenvalue weighted by atomic mass is 16.5. The van der Waals surface area contributed by atoms with Crippen LogP contribution in [0.15, 0.2) is 12.4 Å². The molecular weight excluding hydrogens is 280 g/mol. The van der Waals surface area contributed by atoms with Crippen LogP contribution in [0.2, 0.25) is 0 Å². The Labute approximate surface area is 131 Å². The van der Waals surface area contributed by atoms with Crippen LogP contribution in [-0.2, 0) is 16.1 Å². The molecule has 0 bridgehead atoms. The zero-order valence-corrected chi connectivity index (χ0v) is 13.1. The van der Waals surface area contributed by atoms with E-state index in [1.54, 1.807) is 6.20 Å². The van der Waals surface area contributed by atoms with Gasteiger partial charge in [-0.05, 0) is 25.7 Å². The van der Waals surface area contributed by atoms with Gasteiger partial charge < -0.3 is 14.2 Å². The smallest absolute Gasteiger partial charge is 0.242 e. The Hall–Kier alpha value is -1.40. The van der Waals surface area contributed by atoms with Crippen molar-refractivity contribution in [3.63, 3.8) is 0 Å². The number of piperazine rings is 1. The van der Waals surface area contributed by atoms with Gasteiger partial charge in [-0.15, -0.1) is 0 Å². The SMILES string of the molecule is Cc1nccn1CC(=O)N1CCN2C(COCC2C2CC2)C1. The van der Waals surface area contributed by atoms with Crippen LogP contribution in [0.1, 0.15) is 18.7 Å². The summed E-state index contributed by atoms with van der Waals surface area (Å²) in [4.78, 5) is 21.3. The van der Waals surface area contributed by atoms with Crippen molar-refractivity contribution in [3.8, 4) is 0 Å². The van der Waals surface area contributed by atoms with E-state index in [1.807, 2.05) is 22.6 Å². The second kappa shape index (κ2) is 5.66. The Morgan fingerprint density at radius 2 is 2.23 bits per heavy atom. The summed E-state index contributed by atoms with van der Waals surface area (Å²) in [6.45, 7) is 6.60. The maximum Gasteiger partial charge on any atom is 0.242 e. The number of rotatable bonds is 3. The molecule has 0 spiro atoms. The molecule has 3 fully saturated rings. The second-order valence-corrected chi connectivity index (χ2v) is 6.78.